The molecule has 1 N–H and O–H groups in total. The molecule has 0 aliphatic carbocycles. The molecule has 0 bridgehead atoms. The van der Waals surface area contributed by atoms with Crippen LogP contribution in [0.4, 0.5) is 5.69 Å². The molecule has 31 heavy (non-hydrogen) atoms. The molecule has 1 fully saturated rings. The molecule has 164 valence electrons. The highest BCUT2D eigenvalue weighted by Crippen LogP contribution is 2.27. The van der Waals surface area contributed by atoms with Crippen molar-refractivity contribution in [1.82, 2.24) is 19.7 Å². The molecule has 0 spiro atoms. The fraction of sp³-hybridized carbons (Fsp3) is 0.435. The molecular formula is C23H29N5O3. The number of carbonyl (C=O) groups excluding carboxylic acids is 1. The second-order valence-corrected chi connectivity index (χ2v) is 7.95. The first-order valence-corrected chi connectivity index (χ1v) is 10.6. The molecule has 3 aromatic rings. The van der Waals surface area contributed by atoms with Gasteiger partial charge in [-0.1, -0.05) is 12.1 Å². The number of aryl methyl sites for hydroxylation is 3. The van der Waals surface area contributed by atoms with Crippen LogP contribution in [0.3, 0.4) is 0 Å². The number of nitrogens with zero attached hydrogens (tertiary/aromatic N) is 4. The average molecular weight is 424 g/mol. The van der Waals surface area contributed by atoms with Gasteiger partial charge < -0.3 is 14.8 Å². The maximum absolute atomic E-state index is 12.4. The molecule has 1 saturated heterocycles. The maximum Gasteiger partial charge on any atom is 0.262 e. The normalized spacial score (nSPS) is 14.7. The molecule has 3 heterocycles. The van der Waals surface area contributed by atoms with Crippen LogP contribution < -0.4 is 10.1 Å². The summed E-state index contributed by atoms with van der Waals surface area (Å²) in [7, 11) is 1.82. The molecule has 1 amide bonds. The summed E-state index contributed by atoms with van der Waals surface area (Å²) in [5.74, 6) is 0.203. The maximum atomic E-state index is 12.4. The Balaban J connectivity index is 1.30. The fourth-order valence-corrected chi connectivity index (χ4v) is 3.85. The van der Waals surface area contributed by atoms with Crippen molar-refractivity contribution in [2.45, 2.75) is 20.3 Å². The van der Waals surface area contributed by atoms with E-state index in [1.807, 2.05) is 39.1 Å². The number of fused-ring (bicyclic) bond motifs is 1. The number of nitrogens with one attached hydrogen (secondary N) is 1. The first-order chi connectivity index (χ1) is 15.0. The van der Waals surface area contributed by atoms with E-state index < -0.39 is 0 Å². The van der Waals surface area contributed by atoms with Gasteiger partial charge in [-0.2, -0.15) is 0 Å². The van der Waals surface area contributed by atoms with Crippen molar-refractivity contribution in [2.75, 3.05) is 44.8 Å². The molecule has 0 saturated carbocycles. The van der Waals surface area contributed by atoms with E-state index in [1.165, 1.54) is 5.56 Å². The summed E-state index contributed by atoms with van der Waals surface area (Å²) in [6.45, 7) is 8.47. The Labute approximate surface area is 182 Å². The van der Waals surface area contributed by atoms with Crippen LogP contribution in [0.2, 0.25) is 0 Å². The fourth-order valence-electron chi connectivity index (χ4n) is 3.85. The Morgan fingerprint density at radius 3 is 2.68 bits per heavy atom. The molecule has 8 heteroatoms. The molecule has 4 rings (SSSR count). The lowest BCUT2D eigenvalue weighted by atomic mass is 10.1. The largest absolute Gasteiger partial charge is 0.466 e. The van der Waals surface area contributed by atoms with Crippen LogP contribution in [-0.4, -0.2) is 65.0 Å². The molecule has 0 unspecified atom stereocenters. The van der Waals surface area contributed by atoms with E-state index in [0.29, 0.717) is 5.88 Å². The molecule has 1 aliphatic heterocycles. The van der Waals surface area contributed by atoms with Crippen LogP contribution in [0.1, 0.15) is 16.8 Å². The Morgan fingerprint density at radius 1 is 1.19 bits per heavy atom. The Morgan fingerprint density at radius 2 is 1.94 bits per heavy atom. The number of benzene rings is 1. The number of amides is 1. The van der Waals surface area contributed by atoms with Crippen molar-refractivity contribution in [3.05, 3.63) is 47.2 Å². The molecule has 1 aliphatic rings. The Hall–Kier alpha value is -2.97. The van der Waals surface area contributed by atoms with Gasteiger partial charge in [0.25, 0.3) is 5.91 Å². The highest BCUT2D eigenvalue weighted by Gasteiger charge is 2.16. The Kier molecular flexibility index (Phi) is 6.48. The molecule has 2 aromatic heterocycles. The minimum Gasteiger partial charge on any atom is -0.466 e. The Bertz CT molecular complexity index is 1060. The van der Waals surface area contributed by atoms with Crippen molar-refractivity contribution >= 4 is 22.6 Å². The van der Waals surface area contributed by atoms with Crippen LogP contribution in [0.15, 0.2) is 30.3 Å². The van der Waals surface area contributed by atoms with Gasteiger partial charge in [-0.25, -0.2) is 9.67 Å². The summed E-state index contributed by atoms with van der Waals surface area (Å²) in [5, 5.41) is 8.10. The summed E-state index contributed by atoms with van der Waals surface area (Å²) in [5.41, 5.74) is 4.70. The molecule has 1 aromatic carbocycles. The lowest BCUT2D eigenvalue weighted by Gasteiger charge is -2.26. The zero-order chi connectivity index (χ0) is 21.8. The second kappa shape index (κ2) is 9.45. The van der Waals surface area contributed by atoms with E-state index in [4.69, 9.17) is 9.47 Å². The smallest absolute Gasteiger partial charge is 0.262 e. The quantitative estimate of drug-likeness (QED) is 0.629. The topological polar surface area (TPSA) is 81.5 Å². The van der Waals surface area contributed by atoms with E-state index in [1.54, 1.807) is 4.68 Å². The SMILES string of the molecule is Cc1cc(C)c2c(OCC(=O)Nc3ccc(CCN4CCOCC4)cc3)nn(C)c2n1. The predicted octanol–water partition coefficient (Wildman–Crippen LogP) is 2.48. The van der Waals surface area contributed by atoms with Gasteiger partial charge in [0.2, 0.25) is 5.88 Å². The number of carbonyl (C=O) groups is 1. The van der Waals surface area contributed by atoms with Gasteiger partial charge in [-0.05, 0) is 49.6 Å². The number of hydrogen-bond donors (Lipinski definition) is 1. The standard InChI is InChI=1S/C23H29N5O3/c1-16-14-17(2)24-22-21(16)23(26-27(22)3)31-15-20(29)25-19-6-4-18(5-7-19)8-9-28-10-12-30-13-11-28/h4-7,14H,8-13,15H2,1-3H3,(H,25,29). The van der Waals surface area contributed by atoms with Gasteiger partial charge in [0.15, 0.2) is 12.3 Å². The molecular weight excluding hydrogens is 394 g/mol. The van der Waals surface area contributed by atoms with Gasteiger partial charge in [0.1, 0.15) is 0 Å². The highest BCUT2D eigenvalue weighted by atomic mass is 16.5. The lowest BCUT2D eigenvalue weighted by molar-refractivity contribution is -0.118. The molecule has 8 nitrogen and oxygen atoms in total. The van der Waals surface area contributed by atoms with E-state index in [0.717, 1.165) is 67.2 Å². The zero-order valence-corrected chi connectivity index (χ0v) is 18.4. The molecule has 0 atom stereocenters. The van der Waals surface area contributed by atoms with Crippen molar-refractivity contribution in [1.29, 1.82) is 0 Å². The van der Waals surface area contributed by atoms with E-state index in [2.05, 4.69) is 32.4 Å². The van der Waals surface area contributed by atoms with Crippen LogP contribution in [0, 0.1) is 13.8 Å². The number of pyridine rings is 1. The van der Waals surface area contributed by atoms with Crippen molar-refractivity contribution < 1.29 is 14.3 Å². The first kappa shape index (κ1) is 21.3. The first-order valence-electron chi connectivity index (χ1n) is 10.6. The van der Waals surface area contributed by atoms with E-state index >= 15 is 0 Å². The van der Waals surface area contributed by atoms with Crippen LogP contribution in [0.25, 0.3) is 11.0 Å². The van der Waals surface area contributed by atoms with Crippen LogP contribution in [0.5, 0.6) is 5.88 Å². The van der Waals surface area contributed by atoms with Crippen molar-refractivity contribution in [3.63, 3.8) is 0 Å². The van der Waals surface area contributed by atoms with Gasteiger partial charge in [0.05, 0.1) is 18.6 Å². The monoisotopic (exact) mass is 423 g/mol. The van der Waals surface area contributed by atoms with Crippen molar-refractivity contribution in [3.8, 4) is 5.88 Å². The number of morpholine rings is 1. The van der Waals surface area contributed by atoms with Gasteiger partial charge >= 0.3 is 0 Å². The van der Waals surface area contributed by atoms with Gasteiger partial charge in [-0.15, -0.1) is 5.10 Å². The summed E-state index contributed by atoms with van der Waals surface area (Å²) in [6.07, 6.45) is 0.983. The summed E-state index contributed by atoms with van der Waals surface area (Å²) < 4.78 is 12.8. The van der Waals surface area contributed by atoms with Gasteiger partial charge in [0, 0.05) is 38.1 Å². The van der Waals surface area contributed by atoms with E-state index in [9.17, 15) is 4.79 Å². The number of anilines is 1. The third-order valence-corrected chi connectivity index (χ3v) is 5.48. The number of hydrogen-bond acceptors (Lipinski definition) is 6. The third-order valence-electron chi connectivity index (χ3n) is 5.48. The third kappa shape index (κ3) is 5.21. The van der Waals surface area contributed by atoms with Crippen LogP contribution in [-0.2, 0) is 23.0 Å². The minimum atomic E-state index is -0.224. The van der Waals surface area contributed by atoms with Crippen molar-refractivity contribution in [2.24, 2.45) is 7.05 Å². The summed E-state index contributed by atoms with van der Waals surface area (Å²) in [4.78, 5) is 19.3. The number of aromatic nitrogens is 3. The number of rotatable bonds is 7. The minimum absolute atomic E-state index is 0.113. The lowest BCUT2D eigenvalue weighted by Crippen LogP contribution is -2.37. The van der Waals surface area contributed by atoms with Gasteiger partial charge in [-0.3, -0.25) is 9.69 Å². The highest BCUT2D eigenvalue weighted by molar-refractivity contribution is 5.92. The average Bonchev–Trinajstić information content (AvgIpc) is 3.08. The summed E-state index contributed by atoms with van der Waals surface area (Å²) in [6, 6.07) is 9.96. The summed E-state index contributed by atoms with van der Waals surface area (Å²) >= 11 is 0. The number of ether oxygens (including phenoxy) is 2. The second-order valence-electron chi connectivity index (χ2n) is 7.95. The van der Waals surface area contributed by atoms with Crippen LogP contribution >= 0.6 is 0 Å². The molecule has 0 radical (unpaired) electrons. The zero-order valence-electron chi connectivity index (χ0n) is 18.4. The van der Waals surface area contributed by atoms with E-state index in [-0.39, 0.29) is 12.5 Å². The predicted molar refractivity (Wildman–Crippen MR) is 120 cm³/mol.